The zero-order valence-corrected chi connectivity index (χ0v) is 22.4. The molecule has 44 heavy (non-hydrogen) atoms. The molecule has 0 bridgehead atoms. The molecule has 2 aliphatic rings. The molecular formula is C27H30O17. The average Bonchev–Trinajstić information content (AvgIpc) is 2.98. The number of hydrogen-bond acceptors (Lipinski definition) is 17. The minimum Gasteiger partial charge on any atom is -0.508 e. The van der Waals surface area contributed by atoms with E-state index in [9.17, 15) is 61.0 Å². The van der Waals surface area contributed by atoms with Crippen molar-refractivity contribution in [1.29, 1.82) is 0 Å². The summed E-state index contributed by atoms with van der Waals surface area (Å²) < 4.78 is 27.6. The monoisotopic (exact) mass is 626 g/mol. The number of hydrogen-bond donors (Lipinski definition) is 11. The van der Waals surface area contributed by atoms with Crippen molar-refractivity contribution in [2.75, 3.05) is 13.2 Å². The van der Waals surface area contributed by atoms with Crippen LogP contribution in [-0.4, -0.2) is 131 Å². The Bertz CT molecular complexity index is 1560. The molecule has 3 heterocycles. The van der Waals surface area contributed by atoms with Crippen molar-refractivity contribution in [3.05, 3.63) is 40.6 Å². The third-order valence-electron chi connectivity index (χ3n) is 7.33. The predicted molar refractivity (Wildman–Crippen MR) is 142 cm³/mol. The van der Waals surface area contributed by atoms with Crippen molar-refractivity contribution in [1.82, 2.24) is 0 Å². The SMILES string of the molecule is O=c1c(OC2OC(COC3OC(CO)C(O)C(O)C3O)C(O)C(O)C2O)c(-c2ccc(O)c(O)c2)oc2cc(O)cc(O)c12. The standard InChI is InChI=1S/C27H30O17/c28-6-14-17(33)20(36)22(38)26(42-14)40-7-15-18(34)21(37)23(39)27(43-15)44-25-19(35)16-12(32)4-9(29)5-13(16)41-24(25)8-1-2-10(30)11(31)3-8/h1-5,14-15,17-18,20-23,26-34,36-39H,6-7H2. The quantitative estimate of drug-likeness (QED) is 0.119. The van der Waals surface area contributed by atoms with E-state index in [1.54, 1.807) is 0 Å². The van der Waals surface area contributed by atoms with Gasteiger partial charge in [0.25, 0.3) is 0 Å². The Kier molecular flexibility index (Phi) is 8.87. The fraction of sp³-hybridized carbons (Fsp3) is 0.444. The second-order valence-electron chi connectivity index (χ2n) is 10.3. The highest BCUT2D eigenvalue weighted by molar-refractivity contribution is 5.88. The summed E-state index contributed by atoms with van der Waals surface area (Å²) in [6.45, 7) is -1.42. The lowest BCUT2D eigenvalue weighted by Crippen LogP contribution is -2.62. The van der Waals surface area contributed by atoms with Gasteiger partial charge in [-0.25, -0.2) is 0 Å². The Balaban J connectivity index is 1.47. The summed E-state index contributed by atoms with van der Waals surface area (Å²) in [6, 6.07) is 5.17. The molecule has 17 heteroatoms. The van der Waals surface area contributed by atoms with Gasteiger partial charge in [-0.2, -0.15) is 0 Å². The molecule has 0 amide bonds. The molecule has 0 saturated carbocycles. The maximum Gasteiger partial charge on any atom is 0.239 e. The van der Waals surface area contributed by atoms with Gasteiger partial charge in [0.15, 0.2) is 23.5 Å². The first-order valence-corrected chi connectivity index (χ1v) is 13.2. The molecule has 3 aromatic rings. The minimum absolute atomic E-state index is 0.0504. The average molecular weight is 627 g/mol. The van der Waals surface area contributed by atoms with Crippen molar-refractivity contribution < 1.29 is 79.5 Å². The van der Waals surface area contributed by atoms with Crippen LogP contribution in [-0.2, 0) is 14.2 Å². The topological polar surface area (TPSA) is 290 Å². The van der Waals surface area contributed by atoms with Gasteiger partial charge in [0.05, 0.1) is 13.2 Å². The second-order valence-corrected chi connectivity index (χ2v) is 10.3. The van der Waals surface area contributed by atoms with E-state index in [-0.39, 0.29) is 11.1 Å². The Labute approximate surface area is 246 Å². The van der Waals surface area contributed by atoms with Crippen LogP contribution < -0.4 is 10.2 Å². The van der Waals surface area contributed by atoms with Gasteiger partial charge < -0.3 is 79.5 Å². The van der Waals surface area contributed by atoms with E-state index in [4.69, 9.17) is 23.4 Å². The lowest BCUT2D eigenvalue weighted by molar-refractivity contribution is -0.323. The van der Waals surface area contributed by atoms with E-state index >= 15 is 0 Å². The van der Waals surface area contributed by atoms with E-state index in [0.717, 1.165) is 24.3 Å². The second kappa shape index (κ2) is 12.3. The van der Waals surface area contributed by atoms with Gasteiger partial charge in [0.1, 0.15) is 71.3 Å². The Morgan fingerprint density at radius 1 is 0.705 bits per heavy atom. The molecule has 2 aliphatic heterocycles. The van der Waals surface area contributed by atoms with E-state index in [1.807, 2.05) is 0 Å². The summed E-state index contributed by atoms with van der Waals surface area (Å²) in [5, 5.41) is 111. The first-order chi connectivity index (χ1) is 20.8. The highest BCUT2D eigenvalue weighted by Crippen LogP contribution is 2.39. The molecule has 11 N–H and O–H groups in total. The van der Waals surface area contributed by atoms with Crippen LogP contribution in [0.2, 0.25) is 0 Å². The normalized spacial score (nSPS) is 32.5. The smallest absolute Gasteiger partial charge is 0.239 e. The first-order valence-electron chi connectivity index (χ1n) is 13.2. The third-order valence-corrected chi connectivity index (χ3v) is 7.33. The van der Waals surface area contributed by atoms with E-state index < -0.39 is 120 Å². The van der Waals surface area contributed by atoms with Crippen molar-refractivity contribution in [3.8, 4) is 40.1 Å². The van der Waals surface area contributed by atoms with Crippen LogP contribution in [0.5, 0.6) is 28.7 Å². The Hall–Kier alpha value is -3.75. The van der Waals surface area contributed by atoms with Crippen LogP contribution in [0.1, 0.15) is 0 Å². The number of aliphatic hydroxyl groups excluding tert-OH is 7. The van der Waals surface area contributed by atoms with E-state index in [1.165, 1.54) is 6.07 Å². The fourth-order valence-electron chi connectivity index (χ4n) is 4.89. The fourth-order valence-corrected chi connectivity index (χ4v) is 4.89. The van der Waals surface area contributed by atoms with Gasteiger partial charge in [0, 0.05) is 17.7 Å². The van der Waals surface area contributed by atoms with E-state index in [0.29, 0.717) is 0 Å². The van der Waals surface area contributed by atoms with Crippen molar-refractivity contribution in [2.45, 2.75) is 61.4 Å². The molecule has 17 nitrogen and oxygen atoms in total. The molecule has 5 rings (SSSR count). The molecule has 10 atom stereocenters. The minimum atomic E-state index is -2.00. The summed E-state index contributed by atoms with van der Waals surface area (Å²) in [5.41, 5.74) is -1.41. The first kappa shape index (κ1) is 31.7. The van der Waals surface area contributed by atoms with Crippen molar-refractivity contribution in [3.63, 3.8) is 0 Å². The van der Waals surface area contributed by atoms with Crippen molar-refractivity contribution >= 4 is 11.0 Å². The van der Waals surface area contributed by atoms with Crippen LogP contribution in [0.25, 0.3) is 22.3 Å². The zero-order valence-electron chi connectivity index (χ0n) is 22.4. The molecule has 2 fully saturated rings. The molecule has 1 aromatic heterocycles. The number of ether oxygens (including phenoxy) is 4. The third kappa shape index (κ3) is 5.73. The maximum absolute atomic E-state index is 13.6. The number of fused-ring (bicyclic) bond motifs is 1. The molecule has 0 spiro atoms. The lowest BCUT2D eigenvalue weighted by Gasteiger charge is -2.42. The number of phenols is 4. The van der Waals surface area contributed by atoms with Gasteiger partial charge >= 0.3 is 0 Å². The van der Waals surface area contributed by atoms with Crippen LogP contribution in [0.15, 0.2) is 39.5 Å². The van der Waals surface area contributed by atoms with Gasteiger partial charge in [0.2, 0.25) is 17.5 Å². The number of rotatable bonds is 7. The molecule has 10 unspecified atom stereocenters. The Morgan fingerprint density at radius 2 is 1.34 bits per heavy atom. The highest BCUT2D eigenvalue weighted by atomic mass is 16.7. The molecule has 2 saturated heterocycles. The van der Waals surface area contributed by atoms with Crippen LogP contribution in [0.4, 0.5) is 0 Å². The van der Waals surface area contributed by atoms with Crippen LogP contribution in [0, 0.1) is 0 Å². The van der Waals surface area contributed by atoms with Crippen molar-refractivity contribution in [2.24, 2.45) is 0 Å². The highest BCUT2D eigenvalue weighted by Gasteiger charge is 2.48. The maximum atomic E-state index is 13.6. The Morgan fingerprint density at radius 3 is 2.00 bits per heavy atom. The number of phenolic OH excluding ortho intramolecular Hbond substituents is 4. The van der Waals surface area contributed by atoms with Crippen LogP contribution in [0.3, 0.4) is 0 Å². The molecular weight excluding hydrogens is 596 g/mol. The summed E-state index contributed by atoms with van der Waals surface area (Å²) in [6.07, 6.45) is -17.4. The van der Waals surface area contributed by atoms with Gasteiger partial charge in [-0.3, -0.25) is 4.79 Å². The van der Waals surface area contributed by atoms with E-state index in [2.05, 4.69) is 0 Å². The number of aliphatic hydroxyl groups is 7. The zero-order chi connectivity index (χ0) is 32.0. The molecule has 0 radical (unpaired) electrons. The number of aromatic hydroxyl groups is 4. The summed E-state index contributed by atoms with van der Waals surface area (Å²) in [7, 11) is 0. The predicted octanol–water partition coefficient (Wildman–Crippen LogP) is -2.71. The lowest BCUT2D eigenvalue weighted by atomic mass is 9.98. The number of benzene rings is 2. The summed E-state index contributed by atoms with van der Waals surface area (Å²) in [5.74, 6) is -3.44. The van der Waals surface area contributed by atoms with Gasteiger partial charge in [-0.15, -0.1) is 0 Å². The summed E-state index contributed by atoms with van der Waals surface area (Å²) in [4.78, 5) is 13.6. The van der Waals surface area contributed by atoms with Gasteiger partial charge in [-0.05, 0) is 18.2 Å². The van der Waals surface area contributed by atoms with Crippen LogP contribution >= 0.6 is 0 Å². The summed E-state index contributed by atoms with van der Waals surface area (Å²) >= 11 is 0. The molecule has 0 aliphatic carbocycles. The largest absolute Gasteiger partial charge is 0.508 e. The van der Waals surface area contributed by atoms with Gasteiger partial charge in [-0.1, -0.05) is 0 Å². The molecule has 240 valence electrons. The molecule has 2 aromatic carbocycles.